The molecule has 1 heterocycles. The Kier molecular flexibility index (Phi) is 5.40. The molecule has 1 saturated carbocycles. The molecule has 0 radical (unpaired) electrons. The van der Waals surface area contributed by atoms with Crippen LogP contribution < -0.4 is 5.32 Å². The van der Waals surface area contributed by atoms with Gasteiger partial charge in [-0.05, 0) is 41.9 Å². The van der Waals surface area contributed by atoms with E-state index in [0.717, 1.165) is 17.5 Å². The smallest absolute Gasteiger partial charge is 0.244 e. The Morgan fingerprint density at radius 1 is 1.14 bits per heavy atom. The Morgan fingerprint density at radius 3 is 2.54 bits per heavy atom. The number of hydrogen-bond donors (Lipinski definition) is 1. The minimum absolute atomic E-state index is 0.0316. The summed E-state index contributed by atoms with van der Waals surface area (Å²) in [6.07, 6.45) is 2.70. The van der Waals surface area contributed by atoms with Crippen molar-refractivity contribution in [3.63, 3.8) is 0 Å². The standard InChI is InChI=1S/C22H23FN2O2S/c1-28-13-20-21(26)24-19(15-5-3-2-4-6-15)12-25(20)22(27)18-11-17(18)14-7-9-16(23)10-8-14/h2-10,17-20H,11-13H2,1H3,(H,24,26). The highest BCUT2D eigenvalue weighted by Gasteiger charge is 2.49. The van der Waals surface area contributed by atoms with Crippen LogP contribution in [0.5, 0.6) is 0 Å². The van der Waals surface area contributed by atoms with Gasteiger partial charge in [0, 0.05) is 18.2 Å². The van der Waals surface area contributed by atoms with E-state index in [1.165, 1.54) is 12.1 Å². The molecule has 146 valence electrons. The first kappa shape index (κ1) is 19.0. The second-order valence-electron chi connectivity index (χ2n) is 7.43. The summed E-state index contributed by atoms with van der Waals surface area (Å²) in [6, 6.07) is 15.5. The summed E-state index contributed by atoms with van der Waals surface area (Å²) in [5.74, 6) is 0.226. The molecule has 0 bridgehead atoms. The van der Waals surface area contributed by atoms with Crippen LogP contribution >= 0.6 is 11.8 Å². The Hall–Kier alpha value is -2.34. The van der Waals surface area contributed by atoms with Crippen LogP contribution in [0.3, 0.4) is 0 Å². The molecule has 1 saturated heterocycles. The third-order valence-electron chi connectivity index (χ3n) is 5.59. The highest BCUT2D eigenvalue weighted by molar-refractivity contribution is 7.98. The summed E-state index contributed by atoms with van der Waals surface area (Å²) < 4.78 is 13.2. The van der Waals surface area contributed by atoms with Gasteiger partial charge in [-0.15, -0.1) is 0 Å². The summed E-state index contributed by atoms with van der Waals surface area (Å²) >= 11 is 1.56. The zero-order valence-electron chi connectivity index (χ0n) is 15.7. The van der Waals surface area contributed by atoms with Gasteiger partial charge in [0.2, 0.25) is 11.8 Å². The molecular formula is C22H23FN2O2S. The first-order valence-electron chi connectivity index (χ1n) is 9.48. The molecule has 28 heavy (non-hydrogen) atoms. The lowest BCUT2D eigenvalue weighted by Gasteiger charge is -2.39. The van der Waals surface area contributed by atoms with Crippen molar-refractivity contribution in [1.29, 1.82) is 0 Å². The number of amides is 2. The van der Waals surface area contributed by atoms with Crippen LogP contribution in [0.4, 0.5) is 4.39 Å². The van der Waals surface area contributed by atoms with E-state index >= 15 is 0 Å². The monoisotopic (exact) mass is 398 g/mol. The van der Waals surface area contributed by atoms with Gasteiger partial charge in [-0.1, -0.05) is 42.5 Å². The highest BCUT2D eigenvalue weighted by atomic mass is 32.2. The van der Waals surface area contributed by atoms with Crippen molar-refractivity contribution < 1.29 is 14.0 Å². The molecule has 2 aromatic carbocycles. The fourth-order valence-electron chi connectivity index (χ4n) is 3.98. The number of thioether (sulfide) groups is 1. The predicted molar refractivity (Wildman–Crippen MR) is 108 cm³/mol. The molecule has 6 heteroatoms. The Morgan fingerprint density at radius 2 is 1.86 bits per heavy atom. The fourth-order valence-corrected chi connectivity index (χ4v) is 4.63. The van der Waals surface area contributed by atoms with E-state index in [9.17, 15) is 14.0 Å². The number of carbonyl (C=O) groups is 2. The molecule has 4 atom stereocenters. The van der Waals surface area contributed by atoms with Crippen LogP contribution in [-0.2, 0) is 9.59 Å². The quantitative estimate of drug-likeness (QED) is 0.840. The SMILES string of the molecule is CSCC1C(=O)NC(c2ccccc2)CN1C(=O)C1CC1c1ccc(F)cc1. The van der Waals surface area contributed by atoms with Gasteiger partial charge in [0.15, 0.2) is 0 Å². The van der Waals surface area contributed by atoms with Crippen molar-refractivity contribution >= 4 is 23.6 Å². The topological polar surface area (TPSA) is 49.4 Å². The highest BCUT2D eigenvalue weighted by Crippen LogP contribution is 2.49. The first-order valence-corrected chi connectivity index (χ1v) is 10.9. The zero-order valence-corrected chi connectivity index (χ0v) is 16.5. The van der Waals surface area contributed by atoms with Gasteiger partial charge in [0.25, 0.3) is 0 Å². The summed E-state index contributed by atoms with van der Waals surface area (Å²) in [7, 11) is 0. The van der Waals surface area contributed by atoms with Crippen LogP contribution in [0.15, 0.2) is 54.6 Å². The van der Waals surface area contributed by atoms with Gasteiger partial charge in [0.1, 0.15) is 11.9 Å². The van der Waals surface area contributed by atoms with Gasteiger partial charge in [-0.3, -0.25) is 9.59 Å². The van der Waals surface area contributed by atoms with E-state index in [-0.39, 0.29) is 35.5 Å². The number of carbonyl (C=O) groups excluding carboxylic acids is 2. The molecule has 4 unspecified atom stereocenters. The van der Waals surface area contributed by atoms with Crippen molar-refractivity contribution in [3.05, 3.63) is 71.5 Å². The number of hydrogen-bond acceptors (Lipinski definition) is 3. The second-order valence-corrected chi connectivity index (χ2v) is 8.34. The van der Waals surface area contributed by atoms with Crippen LogP contribution in [-0.4, -0.2) is 41.3 Å². The van der Waals surface area contributed by atoms with Crippen molar-refractivity contribution in [2.45, 2.75) is 24.4 Å². The van der Waals surface area contributed by atoms with E-state index in [1.54, 1.807) is 28.8 Å². The van der Waals surface area contributed by atoms with E-state index < -0.39 is 6.04 Å². The lowest BCUT2D eigenvalue weighted by molar-refractivity contribution is -0.145. The zero-order chi connectivity index (χ0) is 19.7. The number of nitrogens with zero attached hydrogens (tertiary/aromatic N) is 1. The van der Waals surface area contributed by atoms with Crippen LogP contribution in [0.25, 0.3) is 0 Å². The maximum atomic E-state index is 13.3. The lowest BCUT2D eigenvalue weighted by atomic mass is 10.0. The number of halogens is 1. The molecular weight excluding hydrogens is 375 g/mol. The largest absolute Gasteiger partial charge is 0.346 e. The van der Waals surface area contributed by atoms with Crippen molar-refractivity contribution in [3.8, 4) is 0 Å². The third-order valence-corrected chi connectivity index (χ3v) is 6.24. The molecule has 2 fully saturated rings. The Labute approximate surface area is 168 Å². The van der Waals surface area contributed by atoms with Gasteiger partial charge in [-0.2, -0.15) is 11.8 Å². The number of piperazine rings is 1. The fraction of sp³-hybridized carbons (Fsp3) is 0.364. The number of nitrogens with one attached hydrogen (secondary N) is 1. The summed E-state index contributed by atoms with van der Waals surface area (Å²) in [6.45, 7) is 0.479. The molecule has 4 nitrogen and oxygen atoms in total. The minimum Gasteiger partial charge on any atom is -0.346 e. The molecule has 2 amide bonds. The van der Waals surface area contributed by atoms with Crippen molar-refractivity contribution in [2.75, 3.05) is 18.6 Å². The van der Waals surface area contributed by atoms with Crippen LogP contribution in [0.2, 0.25) is 0 Å². The number of benzene rings is 2. The van der Waals surface area contributed by atoms with E-state index in [2.05, 4.69) is 5.32 Å². The first-order chi connectivity index (χ1) is 13.6. The average molecular weight is 399 g/mol. The van der Waals surface area contributed by atoms with Gasteiger partial charge < -0.3 is 10.2 Å². The Balaban J connectivity index is 1.53. The van der Waals surface area contributed by atoms with Crippen molar-refractivity contribution in [1.82, 2.24) is 10.2 Å². The molecule has 1 aliphatic carbocycles. The molecule has 2 aromatic rings. The maximum absolute atomic E-state index is 13.3. The van der Waals surface area contributed by atoms with Gasteiger partial charge in [0.05, 0.1) is 6.04 Å². The summed E-state index contributed by atoms with van der Waals surface area (Å²) in [5.41, 5.74) is 1.99. The lowest BCUT2D eigenvalue weighted by Crippen LogP contribution is -2.59. The summed E-state index contributed by atoms with van der Waals surface area (Å²) in [4.78, 5) is 27.8. The maximum Gasteiger partial charge on any atom is 0.244 e. The third kappa shape index (κ3) is 3.78. The van der Waals surface area contributed by atoms with Gasteiger partial charge in [-0.25, -0.2) is 4.39 Å². The number of rotatable bonds is 5. The average Bonchev–Trinajstić information content (AvgIpc) is 3.51. The van der Waals surface area contributed by atoms with E-state index in [4.69, 9.17) is 0 Å². The van der Waals surface area contributed by atoms with Crippen LogP contribution in [0.1, 0.15) is 29.5 Å². The molecule has 2 aliphatic rings. The molecule has 1 N–H and O–H groups in total. The molecule has 0 spiro atoms. The molecule has 0 aromatic heterocycles. The van der Waals surface area contributed by atoms with E-state index in [1.807, 2.05) is 36.6 Å². The molecule has 4 rings (SSSR count). The second kappa shape index (κ2) is 7.95. The Bertz CT molecular complexity index is 859. The van der Waals surface area contributed by atoms with Crippen molar-refractivity contribution in [2.24, 2.45) is 5.92 Å². The predicted octanol–water partition coefficient (Wildman–Crippen LogP) is 3.36. The van der Waals surface area contributed by atoms with Crippen LogP contribution in [0, 0.1) is 11.7 Å². The minimum atomic E-state index is -0.447. The van der Waals surface area contributed by atoms with E-state index in [0.29, 0.717) is 12.3 Å². The van der Waals surface area contributed by atoms with Gasteiger partial charge >= 0.3 is 0 Å². The normalized spacial score (nSPS) is 26.6. The summed E-state index contributed by atoms with van der Waals surface area (Å²) in [5, 5.41) is 3.07. The molecule has 1 aliphatic heterocycles.